The number of rotatable bonds is 5. The zero-order valence-corrected chi connectivity index (χ0v) is 12.0. The largest absolute Gasteiger partial charge is 0.458 e. The first-order valence-corrected chi connectivity index (χ1v) is 6.97. The van der Waals surface area contributed by atoms with Gasteiger partial charge >= 0.3 is 0 Å². The van der Waals surface area contributed by atoms with Gasteiger partial charge in [-0.25, -0.2) is 0 Å². The van der Waals surface area contributed by atoms with Gasteiger partial charge in [0, 0.05) is 5.39 Å². The number of benzene rings is 1. The van der Waals surface area contributed by atoms with Crippen molar-refractivity contribution in [3.05, 3.63) is 34.5 Å². The molecule has 0 radical (unpaired) electrons. The average Bonchev–Trinajstić information content (AvgIpc) is 2.81. The number of hydrogen-bond donors (Lipinski definition) is 1. The zero-order valence-electron chi connectivity index (χ0n) is 11.2. The maximum absolute atomic E-state index is 6.18. The van der Waals surface area contributed by atoms with Crippen LogP contribution in [0.5, 0.6) is 0 Å². The number of hydrogen-bond acceptors (Lipinski definition) is 2. The van der Waals surface area contributed by atoms with Crippen LogP contribution in [0.15, 0.2) is 22.6 Å². The maximum Gasteiger partial charge on any atom is 0.153 e. The second-order valence-corrected chi connectivity index (χ2v) is 5.08. The van der Waals surface area contributed by atoms with Crippen molar-refractivity contribution in [2.24, 2.45) is 0 Å². The van der Waals surface area contributed by atoms with Crippen molar-refractivity contribution >= 4 is 22.6 Å². The fraction of sp³-hybridized carbons (Fsp3) is 0.467. The molecule has 0 aliphatic heterocycles. The number of aryl methyl sites for hydroxylation is 1. The Bertz CT molecular complexity index is 494. The summed E-state index contributed by atoms with van der Waals surface area (Å²) < 4.78 is 5.94. The molecule has 0 fully saturated rings. The minimum Gasteiger partial charge on any atom is -0.458 e. The Hall–Kier alpha value is -0.990. The highest BCUT2D eigenvalue weighted by atomic mass is 35.5. The molecule has 1 atom stereocenters. The molecule has 0 amide bonds. The molecule has 2 rings (SSSR count). The molecular formula is C15H20ClNO. The number of halogens is 1. The summed E-state index contributed by atoms with van der Waals surface area (Å²) in [5.74, 6) is 0.983. The van der Waals surface area contributed by atoms with Crippen LogP contribution in [0.1, 0.15) is 44.1 Å². The molecule has 0 aliphatic rings. The van der Waals surface area contributed by atoms with Gasteiger partial charge in [-0.15, -0.1) is 0 Å². The van der Waals surface area contributed by atoms with E-state index in [-0.39, 0.29) is 6.04 Å². The predicted octanol–water partition coefficient (Wildman–Crippen LogP) is 4.85. The van der Waals surface area contributed by atoms with Crippen LogP contribution in [-0.2, 0) is 0 Å². The van der Waals surface area contributed by atoms with Crippen molar-refractivity contribution in [2.45, 2.75) is 39.7 Å². The van der Waals surface area contributed by atoms with Gasteiger partial charge in [-0.2, -0.15) is 0 Å². The number of fused-ring (bicyclic) bond motifs is 1. The normalized spacial score (nSPS) is 13.1. The third-order valence-corrected chi connectivity index (χ3v) is 3.56. The summed E-state index contributed by atoms with van der Waals surface area (Å²) in [5, 5.41) is 5.31. The minimum atomic E-state index is 0.271. The molecule has 1 heterocycles. The fourth-order valence-corrected chi connectivity index (χ4v) is 2.38. The Morgan fingerprint density at radius 1 is 1.33 bits per heavy atom. The maximum atomic E-state index is 6.18. The van der Waals surface area contributed by atoms with Gasteiger partial charge in [0.1, 0.15) is 5.76 Å². The molecule has 1 aromatic carbocycles. The van der Waals surface area contributed by atoms with E-state index in [2.05, 4.69) is 32.2 Å². The van der Waals surface area contributed by atoms with Gasteiger partial charge in [0.05, 0.1) is 11.1 Å². The lowest BCUT2D eigenvalue weighted by Gasteiger charge is -2.13. The Morgan fingerprint density at radius 3 is 2.72 bits per heavy atom. The van der Waals surface area contributed by atoms with Crippen LogP contribution in [0, 0.1) is 6.92 Å². The van der Waals surface area contributed by atoms with Crippen LogP contribution in [0.25, 0.3) is 11.0 Å². The van der Waals surface area contributed by atoms with Crippen molar-refractivity contribution in [2.75, 3.05) is 6.54 Å². The highest BCUT2D eigenvalue weighted by molar-refractivity contribution is 6.34. The molecule has 1 N–H and O–H groups in total. The Morgan fingerprint density at radius 2 is 2.11 bits per heavy atom. The van der Waals surface area contributed by atoms with Gasteiger partial charge in [-0.05, 0) is 44.0 Å². The highest BCUT2D eigenvalue weighted by Crippen LogP contribution is 2.32. The summed E-state index contributed by atoms with van der Waals surface area (Å²) in [7, 11) is 0. The number of furan rings is 1. The molecule has 3 heteroatoms. The molecule has 18 heavy (non-hydrogen) atoms. The van der Waals surface area contributed by atoms with E-state index in [1.807, 2.05) is 12.1 Å². The molecule has 0 saturated heterocycles. The summed E-state index contributed by atoms with van der Waals surface area (Å²) in [4.78, 5) is 0. The van der Waals surface area contributed by atoms with E-state index < -0.39 is 0 Å². The van der Waals surface area contributed by atoms with Crippen molar-refractivity contribution in [1.82, 2.24) is 5.32 Å². The van der Waals surface area contributed by atoms with Gasteiger partial charge < -0.3 is 9.73 Å². The summed E-state index contributed by atoms with van der Waals surface area (Å²) >= 11 is 6.18. The molecule has 2 nitrogen and oxygen atoms in total. The Labute approximate surface area is 113 Å². The SMILES string of the molecule is CCCNC(CC)c1cc2c(C)ccc(Cl)c2o1. The summed E-state index contributed by atoms with van der Waals surface area (Å²) in [6, 6.07) is 6.32. The first-order valence-electron chi connectivity index (χ1n) is 6.59. The van der Waals surface area contributed by atoms with E-state index in [1.165, 1.54) is 5.56 Å². The molecule has 98 valence electrons. The molecule has 0 aliphatic carbocycles. The second-order valence-electron chi connectivity index (χ2n) is 4.67. The Kier molecular flexibility index (Phi) is 4.31. The van der Waals surface area contributed by atoms with Crippen LogP contribution in [0.3, 0.4) is 0 Å². The molecule has 1 aromatic heterocycles. The second kappa shape index (κ2) is 5.77. The quantitative estimate of drug-likeness (QED) is 0.836. The third-order valence-electron chi connectivity index (χ3n) is 3.26. The van der Waals surface area contributed by atoms with E-state index in [0.717, 1.165) is 36.1 Å². The monoisotopic (exact) mass is 265 g/mol. The summed E-state index contributed by atoms with van der Waals surface area (Å²) in [6.45, 7) is 7.41. The van der Waals surface area contributed by atoms with E-state index in [4.69, 9.17) is 16.0 Å². The summed E-state index contributed by atoms with van der Waals surface area (Å²) in [5.41, 5.74) is 2.01. The molecular weight excluding hydrogens is 246 g/mol. The zero-order chi connectivity index (χ0) is 13.1. The molecule has 0 spiro atoms. The predicted molar refractivity (Wildman–Crippen MR) is 77.3 cm³/mol. The average molecular weight is 266 g/mol. The Balaban J connectivity index is 2.39. The minimum absolute atomic E-state index is 0.271. The van der Waals surface area contributed by atoms with E-state index in [0.29, 0.717) is 5.02 Å². The highest BCUT2D eigenvalue weighted by Gasteiger charge is 2.16. The standard InChI is InChI=1S/C15H20ClNO/c1-4-8-17-13(5-2)14-9-11-10(3)6-7-12(16)15(11)18-14/h6-7,9,13,17H,4-5,8H2,1-3H3. The smallest absolute Gasteiger partial charge is 0.153 e. The van der Waals surface area contributed by atoms with E-state index in [9.17, 15) is 0 Å². The van der Waals surface area contributed by atoms with Crippen molar-refractivity contribution in [3.8, 4) is 0 Å². The van der Waals surface area contributed by atoms with Crippen LogP contribution in [-0.4, -0.2) is 6.54 Å². The lowest BCUT2D eigenvalue weighted by Crippen LogP contribution is -2.20. The third kappa shape index (κ3) is 2.55. The van der Waals surface area contributed by atoms with Crippen LogP contribution < -0.4 is 5.32 Å². The molecule has 0 bridgehead atoms. The first-order chi connectivity index (χ1) is 8.67. The van der Waals surface area contributed by atoms with Crippen LogP contribution in [0.2, 0.25) is 5.02 Å². The van der Waals surface area contributed by atoms with E-state index in [1.54, 1.807) is 0 Å². The van der Waals surface area contributed by atoms with Gasteiger partial charge in [-0.1, -0.05) is 31.5 Å². The molecule has 2 aromatic rings. The van der Waals surface area contributed by atoms with Crippen molar-refractivity contribution < 1.29 is 4.42 Å². The van der Waals surface area contributed by atoms with Crippen LogP contribution in [0.4, 0.5) is 0 Å². The van der Waals surface area contributed by atoms with Gasteiger partial charge in [0.25, 0.3) is 0 Å². The lowest BCUT2D eigenvalue weighted by atomic mass is 10.1. The fourth-order valence-electron chi connectivity index (χ4n) is 2.18. The first kappa shape index (κ1) is 13.4. The van der Waals surface area contributed by atoms with E-state index >= 15 is 0 Å². The van der Waals surface area contributed by atoms with Crippen molar-refractivity contribution in [3.63, 3.8) is 0 Å². The lowest BCUT2D eigenvalue weighted by molar-refractivity contribution is 0.421. The molecule has 0 saturated carbocycles. The van der Waals surface area contributed by atoms with Gasteiger partial charge in [-0.3, -0.25) is 0 Å². The number of nitrogens with one attached hydrogen (secondary N) is 1. The van der Waals surface area contributed by atoms with Crippen molar-refractivity contribution in [1.29, 1.82) is 0 Å². The topological polar surface area (TPSA) is 25.2 Å². The summed E-state index contributed by atoms with van der Waals surface area (Å²) in [6.07, 6.45) is 2.13. The van der Waals surface area contributed by atoms with Gasteiger partial charge in [0.15, 0.2) is 5.58 Å². The molecule has 1 unspecified atom stereocenters. The van der Waals surface area contributed by atoms with Crippen LogP contribution >= 0.6 is 11.6 Å². The van der Waals surface area contributed by atoms with Gasteiger partial charge in [0.2, 0.25) is 0 Å².